The van der Waals surface area contributed by atoms with Gasteiger partial charge in [-0.25, -0.2) is 0 Å². The maximum absolute atomic E-state index is 12.4. The lowest BCUT2D eigenvalue weighted by atomic mass is 9.83. The van der Waals surface area contributed by atoms with Gasteiger partial charge in [-0.3, -0.25) is 4.79 Å². The van der Waals surface area contributed by atoms with Crippen LogP contribution in [-0.2, 0) is 0 Å². The summed E-state index contributed by atoms with van der Waals surface area (Å²) >= 11 is 3.47. The van der Waals surface area contributed by atoms with Crippen molar-refractivity contribution in [3.05, 3.63) is 33.8 Å². The topological polar surface area (TPSA) is 29.1 Å². The summed E-state index contributed by atoms with van der Waals surface area (Å²) in [6, 6.07) is 6.25. The summed E-state index contributed by atoms with van der Waals surface area (Å²) in [5.74, 6) is 0.929. The van der Waals surface area contributed by atoms with Crippen molar-refractivity contribution < 1.29 is 4.79 Å². The van der Waals surface area contributed by atoms with E-state index >= 15 is 0 Å². The zero-order valence-electron chi connectivity index (χ0n) is 12.4. The molecule has 0 bridgehead atoms. The van der Waals surface area contributed by atoms with E-state index in [1.165, 1.54) is 25.7 Å². The van der Waals surface area contributed by atoms with Crippen LogP contribution in [0.1, 0.15) is 61.4 Å². The van der Waals surface area contributed by atoms with E-state index in [9.17, 15) is 4.79 Å². The van der Waals surface area contributed by atoms with Crippen molar-refractivity contribution in [3.8, 4) is 0 Å². The second-order valence-electron chi connectivity index (χ2n) is 5.96. The molecule has 0 aliphatic heterocycles. The van der Waals surface area contributed by atoms with Crippen LogP contribution in [0.3, 0.4) is 0 Å². The molecule has 1 N–H and O–H groups in total. The molecular weight excluding hydrogens is 314 g/mol. The quantitative estimate of drug-likeness (QED) is 0.836. The monoisotopic (exact) mass is 337 g/mol. The van der Waals surface area contributed by atoms with Gasteiger partial charge < -0.3 is 5.32 Å². The number of halogens is 1. The third kappa shape index (κ3) is 4.08. The number of rotatable bonds is 4. The van der Waals surface area contributed by atoms with Gasteiger partial charge in [0.05, 0.1) is 5.56 Å². The summed E-state index contributed by atoms with van der Waals surface area (Å²) in [5.41, 5.74) is 1.87. The van der Waals surface area contributed by atoms with Gasteiger partial charge in [0.25, 0.3) is 5.91 Å². The predicted octanol–water partition coefficient (Wildman–Crippen LogP) is 4.85. The molecule has 0 saturated heterocycles. The predicted molar refractivity (Wildman–Crippen MR) is 87.0 cm³/mol. The highest BCUT2D eigenvalue weighted by atomic mass is 79.9. The Hall–Kier alpha value is -0.830. The number of nitrogens with one attached hydrogen (secondary N) is 1. The molecule has 2 rings (SSSR count). The van der Waals surface area contributed by atoms with Crippen molar-refractivity contribution in [1.29, 1.82) is 0 Å². The van der Waals surface area contributed by atoms with E-state index in [0.717, 1.165) is 34.4 Å². The molecule has 0 unspecified atom stereocenters. The highest BCUT2D eigenvalue weighted by molar-refractivity contribution is 9.10. The van der Waals surface area contributed by atoms with Crippen molar-refractivity contribution in [3.63, 3.8) is 0 Å². The number of carbonyl (C=O) groups excluding carboxylic acids is 1. The average molecular weight is 338 g/mol. The summed E-state index contributed by atoms with van der Waals surface area (Å²) < 4.78 is 0.875. The number of aryl methyl sites for hydroxylation is 1. The van der Waals surface area contributed by atoms with E-state index < -0.39 is 0 Å². The van der Waals surface area contributed by atoms with Gasteiger partial charge >= 0.3 is 0 Å². The molecule has 1 saturated carbocycles. The number of hydrogen-bond acceptors (Lipinski definition) is 1. The minimum absolute atomic E-state index is 0.0551. The molecule has 20 heavy (non-hydrogen) atoms. The third-order valence-electron chi connectivity index (χ3n) is 4.25. The molecule has 0 spiro atoms. The van der Waals surface area contributed by atoms with E-state index in [2.05, 4.69) is 28.2 Å². The van der Waals surface area contributed by atoms with Gasteiger partial charge in [-0.1, -0.05) is 31.4 Å². The maximum atomic E-state index is 12.4. The van der Waals surface area contributed by atoms with Gasteiger partial charge in [0.1, 0.15) is 0 Å². The van der Waals surface area contributed by atoms with Crippen LogP contribution in [0.5, 0.6) is 0 Å². The Bertz CT molecular complexity index is 464. The van der Waals surface area contributed by atoms with E-state index in [1.54, 1.807) is 0 Å². The van der Waals surface area contributed by atoms with Crippen molar-refractivity contribution in [2.24, 2.45) is 5.92 Å². The second kappa shape index (κ2) is 7.26. The first-order valence-electron chi connectivity index (χ1n) is 7.67. The highest BCUT2D eigenvalue weighted by Crippen LogP contribution is 2.28. The Morgan fingerprint density at radius 2 is 2.00 bits per heavy atom. The Morgan fingerprint density at radius 3 is 2.65 bits per heavy atom. The van der Waals surface area contributed by atoms with E-state index in [1.807, 2.05) is 25.1 Å². The summed E-state index contributed by atoms with van der Waals surface area (Å²) in [6.45, 7) is 4.27. The molecule has 0 heterocycles. The summed E-state index contributed by atoms with van der Waals surface area (Å²) in [7, 11) is 0. The Kier molecular flexibility index (Phi) is 5.64. The Morgan fingerprint density at radius 1 is 1.30 bits per heavy atom. The highest BCUT2D eigenvalue weighted by Gasteiger charge is 2.22. The lowest BCUT2D eigenvalue weighted by Crippen LogP contribution is -2.37. The first-order chi connectivity index (χ1) is 9.60. The third-order valence-corrected chi connectivity index (χ3v) is 4.94. The fourth-order valence-electron chi connectivity index (χ4n) is 3.08. The van der Waals surface area contributed by atoms with Crippen molar-refractivity contribution >= 4 is 21.8 Å². The number of carbonyl (C=O) groups is 1. The van der Waals surface area contributed by atoms with E-state index in [-0.39, 0.29) is 5.91 Å². The largest absolute Gasteiger partial charge is 0.349 e. The fourth-order valence-corrected chi connectivity index (χ4v) is 3.51. The summed E-state index contributed by atoms with van der Waals surface area (Å²) in [4.78, 5) is 12.4. The van der Waals surface area contributed by atoms with Crippen LogP contribution >= 0.6 is 15.9 Å². The molecule has 1 amide bonds. The molecule has 110 valence electrons. The average Bonchev–Trinajstić information content (AvgIpc) is 2.44. The molecule has 0 atom stereocenters. The van der Waals surface area contributed by atoms with Crippen LogP contribution in [0, 0.1) is 12.8 Å². The van der Waals surface area contributed by atoms with Gasteiger partial charge in [0.2, 0.25) is 0 Å². The molecule has 0 radical (unpaired) electrons. The molecule has 1 aliphatic carbocycles. The van der Waals surface area contributed by atoms with Crippen molar-refractivity contribution in [1.82, 2.24) is 5.32 Å². The number of benzene rings is 1. The van der Waals surface area contributed by atoms with Gasteiger partial charge in [0.15, 0.2) is 0 Å². The van der Waals surface area contributed by atoms with Crippen molar-refractivity contribution in [2.75, 3.05) is 0 Å². The summed E-state index contributed by atoms with van der Waals surface area (Å²) in [5, 5.41) is 3.20. The smallest absolute Gasteiger partial charge is 0.252 e. The van der Waals surface area contributed by atoms with Crippen LogP contribution in [-0.4, -0.2) is 11.9 Å². The Balaban J connectivity index is 1.91. The standard InChI is InChI=1S/C17H24BrNO/c1-3-4-13-6-8-14(9-7-13)19-17(20)15-11-12(2)5-10-16(15)18/h5,10-11,13-14H,3-4,6-9H2,1-2H3,(H,19,20). The molecule has 1 fully saturated rings. The zero-order chi connectivity index (χ0) is 14.5. The minimum Gasteiger partial charge on any atom is -0.349 e. The summed E-state index contributed by atoms with van der Waals surface area (Å²) in [6.07, 6.45) is 7.38. The minimum atomic E-state index is 0.0551. The maximum Gasteiger partial charge on any atom is 0.252 e. The Labute approximate surface area is 130 Å². The van der Waals surface area contributed by atoms with Gasteiger partial charge in [-0.05, 0) is 66.6 Å². The van der Waals surface area contributed by atoms with Crippen LogP contribution in [0.15, 0.2) is 22.7 Å². The molecule has 2 nitrogen and oxygen atoms in total. The zero-order valence-corrected chi connectivity index (χ0v) is 14.0. The van der Waals surface area contributed by atoms with Crippen molar-refractivity contribution in [2.45, 2.75) is 58.4 Å². The van der Waals surface area contributed by atoms with Gasteiger partial charge in [-0.2, -0.15) is 0 Å². The van der Waals surface area contributed by atoms with Crippen LogP contribution in [0.2, 0.25) is 0 Å². The van der Waals surface area contributed by atoms with Crippen LogP contribution < -0.4 is 5.32 Å². The molecular formula is C17H24BrNO. The normalized spacial score (nSPS) is 22.6. The first kappa shape index (κ1) is 15.6. The van der Waals surface area contributed by atoms with Gasteiger partial charge in [0, 0.05) is 10.5 Å². The lowest BCUT2D eigenvalue weighted by Gasteiger charge is -2.29. The van der Waals surface area contributed by atoms with Crippen LogP contribution in [0.25, 0.3) is 0 Å². The fraction of sp³-hybridized carbons (Fsp3) is 0.588. The lowest BCUT2D eigenvalue weighted by molar-refractivity contribution is 0.0920. The number of amides is 1. The molecule has 1 aromatic rings. The SMILES string of the molecule is CCCC1CCC(NC(=O)c2cc(C)ccc2Br)CC1. The van der Waals surface area contributed by atoms with Gasteiger partial charge in [-0.15, -0.1) is 0 Å². The molecule has 1 aromatic carbocycles. The molecule has 1 aliphatic rings. The van der Waals surface area contributed by atoms with E-state index in [4.69, 9.17) is 0 Å². The van der Waals surface area contributed by atoms with E-state index in [0.29, 0.717) is 6.04 Å². The van der Waals surface area contributed by atoms with Crippen LogP contribution in [0.4, 0.5) is 0 Å². The second-order valence-corrected chi connectivity index (χ2v) is 6.82. The molecule has 3 heteroatoms. The molecule has 0 aromatic heterocycles. The first-order valence-corrected chi connectivity index (χ1v) is 8.46. The number of hydrogen-bond donors (Lipinski definition) is 1.